The summed E-state index contributed by atoms with van der Waals surface area (Å²) in [6.45, 7) is 0.909. The zero-order valence-electron chi connectivity index (χ0n) is 14.9. The Balaban J connectivity index is 1.60. The highest BCUT2D eigenvalue weighted by atomic mass is 19.4. The Morgan fingerprint density at radius 2 is 1.54 bits per heavy atom. The van der Waals surface area contributed by atoms with Crippen LogP contribution in [-0.4, -0.2) is 47.8 Å². The second-order valence-corrected chi connectivity index (χ2v) is 6.52. The van der Waals surface area contributed by atoms with E-state index in [1.54, 1.807) is 18.2 Å². The molecule has 1 aliphatic rings. The van der Waals surface area contributed by atoms with E-state index in [0.717, 1.165) is 12.1 Å². The van der Waals surface area contributed by atoms with Crippen molar-refractivity contribution in [3.8, 4) is 0 Å². The maximum absolute atomic E-state index is 13.7. The van der Waals surface area contributed by atoms with Crippen molar-refractivity contribution in [1.29, 1.82) is 0 Å². The van der Waals surface area contributed by atoms with Gasteiger partial charge in [0.15, 0.2) is 0 Å². The number of benzene rings is 2. The molecule has 0 unspecified atom stereocenters. The molecule has 4 nitrogen and oxygen atoms in total. The third-order valence-electron chi connectivity index (χ3n) is 4.66. The summed E-state index contributed by atoms with van der Waals surface area (Å²) in [5.74, 6) is -1.21. The van der Waals surface area contributed by atoms with Crippen molar-refractivity contribution in [3.63, 3.8) is 0 Å². The van der Waals surface area contributed by atoms with E-state index in [4.69, 9.17) is 0 Å². The van der Waals surface area contributed by atoms with E-state index in [0.29, 0.717) is 5.56 Å². The van der Waals surface area contributed by atoms with E-state index in [9.17, 15) is 27.2 Å². The summed E-state index contributed by atoms with van der Waals surface area (Å²) in [5, 5.41) is 0. The fraction of sp³-hybridized carbons (Fsp3) is 0.300. The highest BCUT2D eigenvalue weighted by Gasteiger charge is 2.32. The van der Waals surface area contributed by atoms with Gasteiger partial charge in [-0.3, -0.25) is 9.59 Å². The van der Waals surface area contributed by atoms with Crippen LogP contribution in [0.25, 0.3) is 0 Å². The lowest BCUT2D eigenvalue weighted by Crippen LogP contribution is -2.51. The lowest BCUT2D eigenvalue weighted by atomic mass is 10.1. The number of rotatable bonds is 3. The molecule has 0 aromatic heterocycles. The smallest absolute Gasteiger partial charge is 0.339 e. The van der Waals surface area contributed by atoms with E-state index < -0.39 is 23.5 Å². The summed E-state index contributed by atoms with van der Waals surface area (Å²) in [6.07, 6.45) is -4.59. The average molecular weight is 394 g/mol. The van der Waals surface area contributed by atoms with E-state index >= 15 is 0 Å². The number of halogens is 4. The maximum Gasteiger partial charge on any atom is 0.416 e. The van der Waals surface area contributed by atoms with Crippen molar-refractivity contribution >= 4 is 11.8 Å². The summed E-state index contributed by atoms with van der Waals surface area (Å²) < 4.78 is 52.2. The standard InChI is InChI=1S/C20H18F4N2O2/c21-17-7-2-1-4-14(17)13-18(27)25-8-10-26(11-9-25)19(28)15-5-3-6-16(12-15)20(22,23)24/h1-7,12H,8-11,13H2. The number of amides is 2. The summed E-state index contributed by atoms with van der Waals surface area (Å²) in [6, 6.07) is 10.3. The van der Waals surface area contributed by atoms with Gasteiger partial charge in [0.05, 0.1) is 12.0 Å². The first kappa shape index (κ1) is 19.9. The van der Waals surface area contributed by atoms with Crippen molar-refractivity contribution in [2.45, 2.75) is 12.6 Å². The molecule has 2 amide bonds. The maximum atomic E-state index is 13.7. The summed E-state index contributed by atoms with van der Waals surface area (Å²) >= 11 is 0. The van der Waals surface area contributed by atoms with E-state index in [-0.39, 0.29) is 44.1 Å². The molecule has 0 bridgehead atoms. The fourth-order valence-electron chi connectivity index (χ4n) is 3.09. The minimum absolute atomic E-state index is 0.0408. The van der Waals surface area contributed by atoms with Crippen LogP contribution < -0.4 is 0 Å². The van der Waals surface area contributed by atoms with Crippen LogP contribution >= 0.6 is 0 Å². The highest BCUT2D eigenvalue weighted by Crippen LogP contribution is 2.29. The quantitative estimate of drug-likeness (QED) is 0.749. The molecule has 0 saturated carbocycles. The second kappa shape index (κ2) is 8.00. The van der Waals surface area contributed by atoms with Gasteiger partial charge in [-0.15, -0.1) is 0 Å². The molecule has 28 heavy (non-hydrogen) atoms. The van der Waals surface area contributed by atoms with E-state index in [1.165, 1.54) is 28.0 Å². The number of carbonyl (C=O) groups excluding carboxylic acids is 2. The summed E-state index contributed by atoms with van der Waals surface area (Å²) in [4.78, 5) is 27.8. The SMILES string of the molecule is O=C(Cc1ccccc1F)N1CCN(C(=O)c2cccc(C(F)(F)F)c2)CC1. The summed E-state index contributed by atoms with van der Waals surface area (Å²) in [7, 11) is 0. The molecular formula is C20H18F4N2O2. The zero-order chi connectivity index (χ0) is 20.3. The van der Waals surface area contributed by atoms with Crippen molar-refractivity contribution in [3.05, 3.63) is 71.0 Å². The molecule has 3 rings (SSSR count). The van der Waals surface area contributed by atoms with Gasteiger partial charge in [0.25, 0.3) is 5.91 Å². The van der Waals surface area contributed by atoms with Crippen molar-refractivity contribution < 1.29 is 27.2 Å². The molecule has 148 valence electrons. The number of piperazine rings is 1. The van der Waals surface area contributed by atoms with Crippen LogP contribution in [0, 0.1) is 5.82 Å². The molecule has 0 aliphatic carbocycles. The van der Waals surface area contributed by atoms with Crippen molar-refractivity contribution in [1.82, 2.24) is 9.80 Å². The van der Waals surface area contributed by atoms with Gasteiger partial charge in [-0.05, 0) is 29.8 Å². The van der Waals surface area contributed by atoms with Gasteiger partial charge in [-0.25, -0.2) is 4.39 Å². The Kier molecular flexibility index (Phi) is 5.67. The van der Waals surface area contributed by atoms with Crippen molar-refractivity contribution in [2.75, 3.05) is 26.2 Å². The second-order valence-electron chi connectivity index (χ2n) is 6.52. The van der Waals surface area contributed by atoms with Gasteiger partial charge >= 0.3 is 6.18 Å². The molecule has 0 atom stereocenters. The Morgan fingerprint density at radius 1 is 0.893 bits per heavy atom. The number of hydrogen-bond acceptors (Lipinski definition) is 2. The van der Waals surface area contributed by atoms with Crippen LogP contribution in [0.15, 0.2) is 48.5 Å². The predicted molar refractivity (Wildman–Crippen MR) is 94.0 cm³/mol. The van der Waals surface area contributed by atoms with Gasteiger partial charge < -0.3 is 9.80 Å². The number of hydrogen-bond donors (Lipinski definition) is 0. The van der Waals surface area contributed by atoms with Crippen LogP contribution in [0.4, 0.5) is 17.6 Å². The molecule has 2 aromatic carbocycles. The van der Waals surface area contributed by atoms with Gasteiger partial charge in [-0.2, -0.15) is 13.2 Å². The largest absolute Gasteiger partial charge is 0.416 e. The van der Waals surface area contributed by atoms with Crippen LogP contribution in [-0.2, 0) is 17.4 Å². The molecule has 0 N–H and O–H groups in total. The molecule has 0 radical (unpaired) electrons. The Morgan fingerprint density at radius 3 is 2.18 bits per heavy atom. The van der Waals surface area contributed by atoms with E-state index in [2.05, 4.69) is 0 Å². The van der Waals surface area contributed by atoms with Gasteiger partial charge in [0, 0.05) is 31.7 Å². The van der Waals surface area contributed by atoms with Gasteiger partial charge in [0.2, 0.25) is 5.91 Å². The lowest BCUT2D eigenvalue weighted by molar-refractivity contribution is -0.137. The van der Waals surface area contributed by atoms with Crippen molar-refractivity contribution in [2.24, 2.45) is 0 Å². The summed E-state index contributed by atoms with van der Waals surface area (Å²) in [5.41, 5.74) is -0.618. The molecule has 1 aliphatic heterocycles. The van der Waals surface area contributed by atoms with Gasteiger partial charge in [0.1, 0.15) is 5.82 Å². The van der Waals surface area contributed by atoms with Crippen LogP contribution in [0.5, 0.6) is 0 Å². The number of nitrogens with zero attached hydrogens (tertiary/aromatic N) is 2. The van der Waals surface area contributed by atoms with E-state index in [1.807, 2.05) is 0 Å². The highest BCUT2D eigenvalue weighted by molar-refractivity contribution is 5.94. The predicted octanol–water partition coefficient (Wildman–Crippen LogP) is 3.37. The van der Waals surface area contributed by atoms with Crippen LogP contribution in [0.2, 0.25) is 0 Å². The van der Waals surface area contributed by atoms with Crippen LogP contribution in [0.1, 0.15) is 21.5 Å². The zero-order valence-corrected chi connectivity index (χ0v) is 14.9. The first-order valence-electron chi connectivity index (χ1n) is 8.73. The Bertz CT molecular complexity index is 875. The first-order chi connectivity index (χ1) is 13.3. The molecule has 0 spiro atoms. The average Bonchev–Trinajstić information content (AvgIpc) is 2.69. The Hall–Kier alpha value is -2.90. The monoisotopic (exact) mass is 394 g/mol. The van der Waals surface area contributed by atoms with Crippen LogP contribution in [0.3, 0.4) is 0 Å². The van der Waals surface area contributed by atoms with Gasteiger partial charge in [-0.1, -0.05) is 24.3 Å². The normalized spacial score (nSPS) is 14.9. The molecule has 1 fully saturated rings. The third kappa shape index (κ3) is 4.49. The molecule has 8 heteroatoms. The minimum atomic E-state index is -4.52. The molecule has 1 saturated heterocycles. The minimum Gasteiger partial charge on any atom is -0.339 e. The number of carbonyl (C=O) groups is 2. The molecular weight excluding hydrogens is 376 g/mol. The number of alkyl halides is 3. The fourth-order valence-corrected chi connectivity index (χ4v) is 3.09. The topological polar surface area (TPSA) is 40.6 Å². The third-order valence-corrected chi connectivity index (χ3v) is 4.66. The first-order valence-corrected chi connectivity index (χ1v) is 8.73. The lowest BCUT2D eigenvalue weighted by Gasteiger charge is -2.35. The Labute approximate surface area is 159 Å². The molecule has 1 heterocycles. The molecule has 2 aromatic rings.